The Morgan fingerprint density at radius 1 is 0.525 bits per heavy atom. The second-order valence-corrected chi connectivity index (χ2v) is 10.3. The Labute approximate surface area is 227 Å². The fourth-order valence-electron chi connectivity index (χ4n) is 4.76. The average molecular weight is 551 g/mol. The van der Waals surface area contributed by atoms with Crippen LogP contribution in [0.1, 0.15) is 0 Å². The Morgan fingerprint density at radius 3 is 1.45 bits per heavy atom. The van der Waals surface area contributed by atoms with Gasteiger partial charge in [0, 0.05) is 38.0 Å². The summed E-state index contributed by atoms with van der Waals surface area (Å²) in [4.78, 5) is 40.0. The van der Waals surface area contributed by atoms with Crippen molar-refractivity contribution >= 4 is 71.3 Å². The highest BCUT2D eigenvalue weighted by atomic mass is 32.2. The molecule has 198 valence electrons. The fraction of sp³-hybridized carbons (Fsp3) is 0. The molecule has 7 aromatic rings. The van der Waals surface area contributed by atoms with Crippen LogP contribution in [0.2, 0.25) is 0 Å². The van der Waals surface area contributed by atoms with Crippen molar-refractivity contribution in [2.75, 3.05) is 0 Å². The van der Waals surface area contributed by atoms with Crippen molar-refractivity contribution in [1.29, 1.82) is 0 Å². The molecule has 0 radical (unpaired) electrons. The third kappa shape index (κ3) is 4.75. The first kappa shape index (κ1) is 26.5. The van der Waals surface area contributed by atoms with Crippen molar-refractivity contribution in [2.45, 2.75) is 4.90 Å². The monoisotopic (exact) mass is 550 g/mol. The van der Waals surface area contributed by atoms with E-state index in [-0.39, 0.29) is 15.8 Å². The smallest absolute Gasteiger partial charge is 0.295 e. The molecular formula is C31H22N2O6S. The van der Waals surface area contributed by atoms with Crippen molar-refractivity contribution < 1.29 is 17.8 Å². The molecule has 0 saturated carbocycles. The number of benzene rings is 5. The second kappa shape index (κ2) is 10.6. The lowest BCUT2D eigenvalue weighted by molar-refractivity contribution is -0.0980. The molecule has 0 aliphatic carbocycles. The van der Waals surface area contributed by atoms with Crippen LogP contribution in [0.25, 0.3) is 54.4 Å². The van der Waals surface area contributed by atoms with Gasteiger partial charge in [0.1, 0.15) is 11.7 Å². The molecular weight excluding hydrogens is 528 g/mol. The minimum atomic E-state index is -4.13. The molecule has 8 nitrogen and oxygen atoms in total. The summed E-state index contributed by atoms with van der Waals surface area (Å²) in [6.07, 6.45) is 0. The van der Waals surface area contributed by atoms with Gasteiger partial charge in [-0.15, -0.1) is 0 Å². The number of fused-ring (bicyclic) bond motifs is 5. The Hall–Kier alpha value is -5.12. The molecule has 3 N–H and O–H groups in total. The Balaban J connectivity index is 0.000000173. The van der Waals surface area contributed by atoms with E-state index in [2.05, 4.69) is 9.97 Å². The first-order valence-electron chi connectivity index (χ1n) is 12.0. The normalized spacial score (nSPS) is 11.2. The largest absolute Gasteiger partial charge is 0.354 e. The van der Waals surface area contributed by atoms with Crippen molar-refractivity contribution in [3.8, 4) is 0 Å². The number of carbonyl (C=O) groups excluding carboxylic acids is 1. The Kier molecular flexibility index (Phi) is 7.00. The molecule has 0 spiro atoms. The molecule has 0 atom stereocenters. The van der Waals surface area contributed by atoms with Gasteiger partial charge in [-0.25, -0.2) is 0 Å². The summed E-state index contributed by atoms with van der Waals surface area (Å²) in [5.74, 6) is 0. The average Bonchev–Trinajstić information content (AvgIpc) is 2.98. The van der Waals surface area contributed by atoms with E-state index in [1.165, 1.54) is 6.07 Å². The van der Waals surface area contributed by atoms with Crippen LogP contribution >= 0.6 is 0 Å². The molecule has 5 aromatic carbocycles. The topological polar surface area (TPSA) is 137 Å². The van der Waals surface area contributed by atoms with Crippen molar-refractivity contribution in [3.63, 3.8) is 0 Å². The van der Waals surface area contributed by atoms with Crippen LogP contribution in [-0.4, -0.2) is 29.7 Å². The molecule has 2 aromatic heterocycles. The standard InChI is InChI=1S/C20H12N2O2.C10H8O3S.CH2O/c23-19-11-5-1-3-7-15(11)21-17-10-14-18(9-13(17)19)22-16-8-4-2-6-12(16)20(14)24;11-14(12,13)10-7-3-5-8-4-1-2-6-9(8)10;1-2/h1-10H,(H,21,23)(H,22,24);1-7H,(H,11,12,13);1H2. The van der Waals surface area contributed by atoms with E-state index >= 15 is 0 Å². The summed E-state index contributed by atoms with van der Waals surface area (Å²) in [6, 6.07) is 30.1. The van der Waals surface area contributed by atoms with Crippen LogP contribution in [0.15, 0.2) is 118 Å². The molecule has 40 heavy (non-hydrogen) atoms. The maximum Gasteiger partial charge on any atom is 0.295 e. The zero-order chi connectivity index (χ0) is 28.4. The molecule has 2 heterocycles. The molecule has 0 fully saturated rings. The summed E-state index contributed by atoms with van der Waals surface area (Å²) in [5, 5.41) is 3.78. The fourth-order valence-corrected chi connectivity index (χ4v) is 5.48. The van der Waals surface area contributed by atoms with Crippen LogP contribution < -0.4 is 10.9 Å². The van der Waals surface area contributed by atoms with Gasteiger partial charge in [0.05, 0.1) is 11.0 Å². The lowest BCUT2D eigenvalue weighted by Crippen LogP contribution is -2.08. The third-order valence-corrected chi connectivity index (χ3v) is 7.47. The van der Waals surface area contributed by atoms with E-state index in [4.69, 9.17) is 9.35 Å². The number of pyridine rings is 2. The van der Waals surface area contributed by atoms with E-state index < -0.39 is 10.1 Å². The molecule has 0 aliphatic rings. The zero-order valence-corrected chi connectivity index (χ0v) is 21.7. The Bertz CT molecular complexity index is 2170. The zero-order valence-electron chi connectivity index (χ0n) is 20.9. The van der Waals surface area contributed by atoms with Crippen LogP contribution in [0.4, 0.5) is 0 Å². The number of nitrogens with one attached hydrogen (secondary N) is 2. The van der Waals surface area contributed by atoms with E-state index in [1.807, 2.05) is 49.3 Å². The molecule has 0 bridgehead atoms. The van der Waals surface area contributed by atoms with Crippen LogP contribution in [0, 0.1) is 0 Å². The van der Waals surface area contributed by atoms with Gasteiger partial charge in [-0.2, -0.15) is 8.42 Å². The number of hydrogen-bond acceptors (Lipinski definition) is 5. The molecule has 9 heteroatoms. The minimum absolute atomic E-state index is 0.0322. The van der Waals surface area contributed by atoms with Gasteiger partial charge in [-0.05, 0) is 47.9 Å². The highest BCUT2D eigenvalue weighted by molar-refractivity contribution is 7.86. The predicted octanol–water partition coefficient (Wildman–Crippen LogP) is 5.58. The first-order chi connectivity index (χ1) is 19.3. The van der Waals surface area contributed by atoms with E-state index in [0.29, 0.717) is 38.0 Å². The first-order valence-corrected chi connectivity index (χ1v) is 13.5. The van der Waals surface area contributed by atoms with Crippen LogP contribution in [-0.2, 0) is 14.9 Å². The maximum atomic E-state index is 12.8. The summed E-state index contributed by atoms with van der Waals surface area (Å²) in [5.41, 5.74) is 2.82. The van der Waals surface area contributed by atoms with Gasteiger partial charge in [0.2, 0.25) is 0 Å². The lowest BCUT2D eigenvalue weighted by Gasteiger charge is -2.06. The molecule has 7 rings (SSSR count). The van der Waals surface area contributed by atoms with Crippen LogP contribution in [0.5, 0.6) is 0 Å². The van der Waals surface area contributed by atoms with Gasteiger partial charge in [0.15, 0.2) is 10.9 Å². The molecule has 0 aliphatic heterocycles. The highest BCUT2D eigenvalue weighted by Crippen LogP contribution is 2.23. The maximum absolute atomic E-state index is 12.8. The summed E-state index contributed by atoms with van der Waals surface area (Å²) in [6.45, 7) is 2.00. The quantitative estimate of drug-likeness (QED) is 0.180. The van der Waals surface area contributed by atoms with Crippen molar-refractivity contribution in [1.82, 2.24) is 9.97 Å². The number of aromatic amines is 2. The van der Waals surface area contributed by atoms with Gasteiger partial charge in [0.25, 0.3) is 10.1 Å². The molecule has 0 amide bonds. The summed E-state index contributed by atoms with van der Waals surface area (Å²) >= 11 is 0. The summed E-state index contributed by atoms with van der Waals surface area (Å²) < 4.78 is 31.0. The lowest BCUT2D eigenvalue weighted by atomic mass is 10.1. The number of rotatable bonds is 1. The van der Waals surface area contributed by atoms with Crippen molar-refractivity contribution in [2.24, 2.45) is 0 Å². The van der Waals surface area contributed by atoms with E-state index in [1.54, 1.807) is 54.6 Å². The number of aromatic nitrogens is 2. The Morgan fingerprint density at radius 2 is 0.950 bits per heavy atom. The SMILES string of the molecule is C=O.O=S(=O)(O)c1cccc2ccccc12.O=c1c2ccccc2[nH]c2cc3c(=O)c4ccccc4[nH]c3cc12. The number of hydrogen-bond donors (Lipinski definition) is 3. The predicted molar refractivity (Wildman–Crippen MR) is 159 cm³/mol. The second-order valence-electron chi connectivity index (χ2n) is 8.90. The van der Waals surface area contributed by atoms with Gasteiger partial charge >= 0.3 is 0 Å². The van der Waals surface area contributed by atoms with Crippen LogP contribution in [0.3, 0.4) is 0 Å². The van der Waals surface area contributed by atoms with Gasteiger partial charge in [-0.3, -0.25) is 14.1 Å². The van der Waals surface area contributed by atoms with E-state index in [0.717, 1.165) is 16.4 Å². The third-order valence-electron chi connectivity index (χ3n) is 6.56. The highest BCUT2D eigenvalue weighted by Gasteiger charge is 2.13. The molecule has 0 unspecified atom stereocenters. The van der Waals surface area contributed by atoms with Gasteiger partial charge in [-0.1, -0.05) is 60.7 Å². The minimum Gasteiger partial charge on any atom is -0.354 e. The van der Waals surface area contributed by atoms with Crippen molar-refractivity contribution in [3.05, 3.63) is 124 Å². The number of para-hydroxylation sites is 2. The summed E-state index contributed by atoms with van der Waals surface area (Å²) in [7, 11) is -4.13. The molecule has 0 saturated heterocycles. The number of H-pyrrole nitrogens is 2. The van der Waals surface area contributed by atoms with E-state index in [9.17, 15) is 18.0 Å². The van der Waals surface area contributed by atoms with Gasteiger partial charge < -0.3 is 14.8 Å². The number of carbonyl (C=O) groups is 1.